The molecule has 0 aromatic rings. The molecule has 2 fully saturated rings. The van der Waals surface area contributed by atoms with Crippen molar-refractivity contribution in [2.24, 2.45) is 17.8 Å². The molecule has 3 heterocycles. The number of hydrogen-bond acceptors (Lipinski definition) is 9. The van der Waals surface area contributed by atoms with Crippen molar-refractivity contribution in [3.63, 3.8) is 0 Å². The van der Waals surface area contributed by atoms with Crippen LogP contribution in [0.5, 0.6) is 0 Å². The summed E-state index contributed by atoms with van der Waals surface area (Å²) in [6.45, 7) is 12.7. The van der Waals surface area contributed by atoms with Crippen LogP contribution in [0.4, 0.5) is 0 Å². The summed E-state index contributed by atoms with van der Waals surface area (Å²) in [5.74, 6) is -1.04. The van der Waals surface area contributed by atoms with E-state index in [9.17, 15) is 24.9 Å². The summed E-state index contributed by atoms with van der Waals surface area (Å²) in [6, 6.07) is 0. The monoisotopic (exact) mass is 552 g/mol. The number of epoxide rings is 2. The summed E-state index contributed by atoms with van der Waals surface area (Å²) in [5, 5.41) is 31.5. The van der Waals surface area contributed by atoms with Crippen molar-refractivity contribution < 1.29 is 43.9 Å². The van der Waals surface area contributed by atoms with Crippen molar-refractivity contribution in [2.45, 2.75) is 135 Å². The molecule has 222 valence electrons. The maximum absolute atomic E-state index is 12.7. The third-order valence-corrected chi connectivity index (χ3v) is 8.45. The maximum Gasteiger partial charge on any atom is 0.308 e. The summed E-state index contributed by atoms with van der Waals surface area (Å²) in [4.78, 5) is 24.4. The molecule has 0 aromatic carbocycles. The highest BCUT2D eigenvalue weighted by Crippen LogP contribution is 2.45. The molecular formula is C30H48O9. The van der Waals surface area contributed by atoms with Gasteiger partial charge in [0.25, 0.3) is 0 Å². The smallest absolute Gasteiger partial charge is 0.308 e. The topological polar surface area (TPSA) is 138 Å². The Labute approximate surface area is 232 Å². The third kappa shape index (κ3) is 8.36. The van der Waals surface area contributed by atoms with Crippen LogP contribution in [0, 0.1) is 17.8 Å². The van der Waals surface area contributed by atoms with Crippen LogP contribution in [-0.2, 0) is 28.5 Å². The summed E-state index contributed by atoms with van der Waals surface area (Å²) in [5.41, 5.74) is -2.19. The van der Waals surface area contributed by atoms with Crippen molar-refractivity contribution in [1.29, 1.82) is 0 Å². The maximum atomic E-state index is 12.7. The molecule has 3 rings (SSSR count). The number of aliphatic hydroxyl groups is 3. The van der Waals surface area contributed by atoms with E-state index in [1.165, 1.54) is 6.92 Å². The first kappa shape index (κ1) is 31.7. The highest BCUT2D eigenvalue weighted by atomic mass is 16.6. The Hall–Kier alpha value is -1.78. The Balaban J connectivity index is 1.68. The van der Waals surface area contributed by atoms with E-state index in [4.69, 9.17) is 18.9 Å². The van der Waals surface area contributed by atoms with E-state index in [0.29, 0.717) is 6.42 Å². The van der Waals surface area contributed by atoms with Gasteiger partial charge in [-0.15, -0.1) is 0 Å². The molecule has 0 aliphatic carbocycles. The summed E-state index contributed by atoms with van der Waals surface area (Å²) < 4.78 is 23.1. The van der Waals surface area contributed by atoms with Gasteiger partial charge in [0.2, 0.25) is 0 Å². The molecule has 9 nitrogen and oxygen atoms in total. The molecule has 3 aliphatic rings. The van der Waals surface area contributed by atoms with Crippen molar-refractivity contribution in [2.75, 3.05) is 0 Å². The van der Waals surface area contributed by atoms with Crippen LogP contribution in [0.3, 0.4) is 0 Å². The predicted molar refractivity (Wildman–Crippen MR) is 145 cm³/mol. The summed E-state index contributed by atoms with van der Waals surface area (Å²) in [7, 11) is 0. The lowest BCUT2D eigenvalue weighted by Crippen LogP contribution is -2.43. The van der Waals surface area contributed by atoms with Gasteiger partial charge in [-0.05, 0) is 51.5 Å². The van der Waals surface area contributed by atoms with Crippen LogP contribution in [0.15, 0.2) is 24.3 Å². The van der Waals surface area contributed by atoms with E-state index >= 15 is 0 Å². The molecule has 39 heavy (non-hydrogen) atoms. The van der Waals surface area contributed by atoms with Gasteiger partial charge in [-0.25, -0.2) is 0 Å². The van der Waals surface area contributed by atoms with E-state index in [-0.39, 0.29) is 61.4 Å². The van der Waals surface area contributed by atoms with Gasteiger partial charge >= 0.3 is 11.9 Å². The average molecular weight is 553 g/mol. The van der Waals surface area contributed by atoms with E-state index < -0.39 is 41.5 Å². The fourth-order valence-electron chi connectivity index (χ4n) is 5.59. The molecule has 0 saturated carbocycles. The molecule has 3 aliphatic heterocycles. The predicted octanol–water partition coefficient (Wildman–Crippen LogP) is 3.23. The van der Waals surface area contributed by atoms with Gasteiger partial charge in [-0.2, -0.15) is 0 Å². The lowest BCUT2D eigenvalue weighted by molar-refractivity contribution is -0.159. The first-order valence-corrected chi connectivity index (χ1v) is 14.3. The van der Waals surface area contributed by atoms with Gasteiger partial charge in [0.05, 0.1) is 30.8 Å². The number of cyclic esters (lactones) is 1. The fraction of sp³-hybridized carbons (Fsp3) is 0.800. The van der Waals surface area contributed by atoms with Crippen LogP contribution in [0.25, 0.3) is 0 Å². The van der Waals surface area contributed by atoms with Gasteiger partial charge in [-0.3, -0.25) is 9.59 Å². The Morgan fingerprint density at radius 3 is 2.62 bits per heavy atom. The summed E-state index contributed by atoms with van der Waals surface area (Å²) >= 11 is 0. The van der Waals surface area contributed by atoms with E-state index in [1.54, 1.807) is 19.1 Å². The molecule has 0 amide bonds. The molecule has 2 saturated heterocycles. The number of allylic oxidation sites excluding steroid dienone is 1. The number of carbonyl (C=O) groups excluding carboxylic acids is 2. The number of hydrogen-bond donors (Lipinski definition) is 3. The number of aliphatic hydroxyl groups excluding tert-OH is 2. The zero-order chi connectivity index (χ0) is 29.1. The normalized spacial score (nSPS) is 41.6. The quantitative estimate of drug-likeness (QED) is 0.224. The second-order valence-corrected chi connectivity index (χ2v) is 12.2. The molecule has 12 atom stereocenters. The first-order chi connectivity index (χ1) is 18.2. The fourth-order valence-corrected chi connectivity index (χ4v) is 5.59. The minimum absolute atomic E-state index is 0.0912. The highest BCUT2D eigenvalue weighted by molar-refractivity contribution is 5.70. The number of esters is 2. The van der Waals surface area contributed by atoms with Crippen molar-refractivity contribution in [3.8, 4) is 0 Å². The minimum Gasteiger partial charge on any atom is -0.458 e. The Morgan fingerprint density at radius 2 is 1.97 bits per heavy atom. The second kappa shape index (κ2) is 12.8. The Kier molecular flexibility index (Phi) is 10.4. The molecule has 0 bridgehead atoms. The second-order valence-electron chi connectivity index (χ2n) is 12.2. The van der Waals surface area contributed by atoms with Crippen LogP contribution in [-0.4, -0.2) is 81.2 Å². The lowest BCUT2D eigenvalue weighted by atomic mass is 9.86. The van der Waals surface area contributed by atoms with E-state index in [1.807, 2.05) is 33.8 Å². The van der Waals surface area contributed by atoms with Crippen molar-refractivity contribution >= 4 is 11.9 Å². The zero-order valence-electron chi connectivity index (χ0n) is 24.4. The van der Waals surface area contributed by atoms with Crippen molar-refractivity contribution in [1.82, 2.24) is 0 Å². The van der Waals surface area contributed by atoms with Gasteiger partial charge in [0.15, 0.2) is 0 Å². The standard InChI is InChI=1S/C30H48O9/c1-8-22(33)19(4)27-23(37-27)15-17(2)9-11-25-30(7,39-25)28-18(3)10-12-24(36-20(5)31)29(6,35)14-13-21(32)16-26(34)38-28/h9-12,17-19,21-25,27-28,32-33,35H,8,13-16H2,1-7H3. The van der Waals surface area contributed by atoms with Crippen LogP contribution >= 0.6 is 0 Å². The van der Waals surface area contributed by atoms with Crippen molar-refractivity contribution in [3.05, 3.63) is 24.3 Å². The first-order valence-electron chi connectivity index (χ1n) is 14.3. The number of carbonyl (C=O) groups is 2. The molecular weight excluding hydrogens is 504 g/mol. The van der Waals surface area contributed by atoms with Gasteiger partial charge in [-0.1, -0.05) is 45.9 Å². The zero-order valence-corrected chi connectivity index (χ0v) is 24.4. The van der Waals surface area contributed by atoms with E-state index in [0.717, 1.165) is 6.42 Å². The molecule has 0 radical (unpaired) electrons. The molecule has 0 aromatic heterocycles. The minimum atomic E-state index is -1.42. The van der Waals surface area contributed by atoms with Gasteiger partial charge in [0, 0.05) is 18.8 Å². The molecule has 9 heteroatoms. The highest BCUT2D eigenvalue weighted by Gasteiger charge is 2.59. The van der Waals surface area contributed by atoms with Gasteiger partial charge in [0.1, 0.15) is 29.5 Å². The number of rotatable bonds is 9. The number of ether oxygens (including phenoxy) is 4. The van der Waals surface area contributed by atoms with Crippen LogP contribution < -0.4 is 0 Å². The average Bonchev–Trinajstić information content (AvgIpc) is 3.77. The summed E-state index contributed by atoms with van der Waals surface area (Å²) in [6.07, 6.45) is 6.16. The molecule has 3 N–H and O–H groups in total. The third-order valence-electron chi connectivity index (χ3n) is 8.45. The van der Waals surface area contributed by atoms with Crippen LogP contribution in [0.1, 0.15) is 80.6 Å². The SMILES string of the molecule is CCC(O)C(C)C1OC1CC(C)C=CC1OC1(C)C1OC(=O)CC(O)CCC(C)(O)C(OC(C)=O)C=CC1C. The van der Waals surface area contributed by atoms with Crippen LogP contribution in [0.2, 0.25) is 0 Å². The Bertz CT molecular complexity index is 914. The Morgan fingerprint density at radius 1 is 1.28 bits per heavy atom. The van der Waals surface area contributed by atoms with E-state index in [2.05, 4.69) is 13.0 Å². The molecule has 0 spiro atoms. The molecule has 12 unspecified atom stereocenters. The largest absolute Gasteiger partial charge is 0.458 e. The van der Waals surface area contributed by atoms with Gasteiger partial charge < -0.3 is 34.3 Å². The lowest BCUT2D eigenvalue weighted by Gasteiger charge is -2.33.